The van der Waals surface area contributed by atoms with Crippen molar-refractivity contribution in [2.24, 2.45) is 11.1 Å². The van der Waals surface area contributed by atoms with Gasteiger partial charge in [0.1, 0.15) is 0 Å². The van der Waals surface area contributed by atoms with Gasteiger partial charge in [-0.05, 0) is 25.5 Å². The highest BCUT2D eigenvalue weighted by atomic mass is 16.2. The number of amides is 1. The number of nitrogens with two attached hydrogens (primary N) is 1. The van der Waals surface area contributed by atoms with E-state index >= 15 is 0 Å². The Morgan fingerprint density at radius 1 is 1.50 bits per heavy atom. The van der Waals surface area contributed by atoms with Crippen molar-refractivity contribution in [2.75, 3.05) is 12.0 Å². The molecule has 0 bridgehead atoms. The Hall–Kier alpha value is -1.29. The predicted octanol–water partition coefficient (Wildman–Crippen LogP) is 0.933. The van der Waals surface area contributed by atoms with Crippen LogP contribution in [-0.2, 0) is 4.79 Å². The molecule has 1 heterocycles. The van der Waals surface area contributed by atoms with E-state index in [0.717, 1.165) is 6.42 Å². The van der Waals surface area contributed by atoms with Crippen LogP contribution in [0.4, 0.5) is 0 Å². The molecular formula is C10H17N3O. The SMILES string of the molecule is CCC(C)(CN)C(=O)Nn1cccc1. The van der Waals surface area contributed by atoms with Crippen LogP contribution in [-0.4, -0.2) is 17.1 Å². The fraction of sp³-hybridized carbons (Fsp3) is 0.500. The van der Waals surface area contributed by atoms with E-state index in [1.54, 1.807) is 17.1 Å². The first-order valence-electron chi connectivity index (χ1n) is 4.77. The van der Waals surface area contributed by atoms with Crippen LogP contribution < -0.4 is 11.2 Å². The Balaban J connectivity index is 2.66. The Morgan fingerprint density at radius 2 is 2.07 bits per heavy atom. The van der Waals surface area contributed by atoms with Gasteiger partial charge < -0.3 is 5.73 Å². The maximum Gasteiger partial charge on any atom is 0.245 e. The number of nitrogens with one attached hydrogen (secondary N) is 1. The van der Waals surface area contributed by atoms with Crippen LogP contribution in [0.5, 0.6) is 0 Å². The molecule has 4 nitrogen and oxygen atoms in total. The normalized spacial score (nSPS) is 14.8. The zero-order chi connectivity index (χ0) is 10.6. The first-order chi connectivity index (χ1) is 6.62. The number of rotatable bonds is 4. The van der Waals surface area contributed by atoms with Gasteiger partial charge >= 0.3 is 0 Å². The van der Waals surface area contributed by atoms with E-state index in [1.807, 2.05) is 26.0 Å². The van der Waals surface area contributed by atoms with Crippen LogP contribution >= 0.6 is 0 Å². The van der Waals surface area contributed by atoms with Crippen molar-refractivity contribution in [3.63, 3.8) is 0 Å². The number of aromatic nitrogens is 1. The second kappa shape index (κ2) is 4.28. The van der Waals surface area contributed by atoms with Crippen molar-refractivity contribution in [3.05, 3.63) is 24.5 Å². The Kier molecular flexibility index (Phi) is 3.30. The molecule has 4 heteroatoms. The van der Waals surface area contributed by atoms with Gasteiger partial charge in [0.25, 0.3) is 0 Å². The first-order valence-corrected chi connectivity index (χ1v) is 4.77. The van der Waals surface area contributed by atoms with Crippen molar-refractivity contribution in [1.82, 2.24) is 4.68 Å². The molecule has 0 fully saturated rings. The maximum atomic E-state index is 11.8. The first kappa shape index (κ1) is 10.8. The molecule has 1 aromatic heterocycles. The molecule has 0 saturated heterocycles. The Bertz CT molecular complexity index is 288. The molecule has 1 atom stereocenters. The minimum atomic E-state index is -0.482. The number of hydrogen-bond acceptors (Lipinski definition) is 2. The summed E-state index contributed by atoms with van der Waals surface area (Å²) in [6.45, 7) is 4.19. The summed E-state index contributed by atoms with van der Waals surface area (Å²) < 4.78 is 1.63. The van der Waals surface area contributed by atoms with Crippen molar-refractivity contribution < 1.29 is 4.79 Å². The molecule has 78 valence electrons. The summed E-state index contributed by atoms with van der Waals surface area (Å²) >= 11 is 0. The average Bonchev–Trinajstić information content (AvgIpc) is 2.69. The van der Waals surface area contributed by atoms with Gasteiger partial charge in [-0.2, -0.15) is 0 Å². The van der Waals surface area contributed by atoms with Gasteiger partial charge in [-0.1, -0.05) is 6.92 Å². The smallest absolute Gasteiger partial charge is 0.245 e. The van der Waals surface area contributed by atoms with E-state index in [0.29, 0.717) is 6.54 Å². The van der Waals surface area contributed by atoms with Gasteiger partial charge in [-0.25, -0.2) is 0 Å². The van der Waals surface area contributed by atoms with E-state index in [2.05, 4.69) is 5.43 Å². The van der Waals surface area contributed by atoms with Crippen LogP contribution in [0.2, 0.25) is 0 Å². The van der Waals surface area contributed by atoms with Crippen LogP contribution in [0.15, 0.2) is 24.5 Å². The molecule has 0 aliphatic rings. The predicted molar refractivity (Wildman–Crippen MR) is 56.3 cm³/mol. The summed E-state index contributed by atoms with van der Waals surface area (Å²) in [6.07, 6.45) is 4.30. The zero-order valence-corrected chi connectivity index (χ0v) is 8.66. The molecule has 14 heavy (non-hydrogen) atoms. The molecule has 1 amide bonds. The van der Waals surface area contributed by atoms with Crippen LogP contribution in [0.3, 0.4) is 0 Å². The van der Waals surface area contributed by atoms with Crippen molar-refractivity contribution >= 4 is 5.91 Å². The summed E-state index contributed by atoms with van der Waals surface area (Å²) in [5.74, 6) is -0.0429. The summed E-state index contributed by atoms with van der Waals surface area (Å²) in [7, 11) is 0. The van der Waals surface area contributed by atoms with Crippen molar-refractivity contribution in [1.29, 1.82) is 0 Å². The molecule has 0 saturated carbocycles. The van der Waals surface area contributed by atoms with E-state index in [9.17, 15) is 4.79 Å². The number of nitrogens with zero attached hydrogens (tertiary/aromatic N) is 1. The molecule has 0 aromatic carbocycles. The second-order valence-electron chi connectivity index (χ2n) is 3.65. The lowest BCUT2D eigenvalue weighted by Gasteiger charge is -2.25. The molecule has 1 unspecified atom stereocenters. The van der Waals surface area contributed by atoms with Gasteiger partial charge in [0.2, 0.25) is 5.91 Å². The lowest BCUT2D eigenvalue weighted by molar-refractivity contribution is -0.125. The third kappa shape index (κ3) is 2.14. The van der Waals surface area contributed by atoms with E-state index in [-0.39, 0.29) is 5.91 Å². The van der Waals surface area contributed by atoms with E-state index < -0.39 is 5.41 Å². The molecule has 3 N–H and O–H groups in total. The maximum absolute atomic E-state index is 11.8. The lowest BCUT2D eigenvalue weighted by atomic mass is 9.87. The molecule has 0 aliphatic carbocycles. The van der Waals surface area contributed by atoms with Gasteiger partial charge in [-0.15, -0.1) is 0 Å². The number of hydrogen-bond donors (Lipinski definition) is 2. The Labute approximate surface area is 84.1 Å². The van der Waals surface area contributed by atoms with Gasteiger partial charge in [0.15, 0.2) is 0 Å². The summed E-state index contributed by atoms with van der Waals surface area (Å²) in [4.78, 5) is 11.8. The molecular weight excluding hydrogens is 178 g/mol. The number of carbonyl (C=O) groups is 1. The topological polar surface area (TPSA) is 60.1 Å². The van der Waals surface area contributed by atoms with Gasteiger partial charge in [0.05, 0.1) is 5.41 Å². The Morgan fingerprint density at radius 3 is 2.50 bits per heavy atom. The molecule has 0 aliphatic heterocycles. The number of carbonyl (C=O) groups excluding carboxylic acids is 1. The van der Waals surface area contributed by atoms with Crippen molar-refractivity contribution in [2.45, 2.75) is 20.3 Å². The highest BCUT2D eigenvalue weighted by molar-refractivity contribution is 5.89. The highest BCUT2D eigenvalue weighted by Crippen LogP contribution is 2.19. The molecule has 1 aromatic rings. The van der Waals surface area contributed by atoms with Crippen LogP contribution in [0.1, 0.15) is 20.3 Å². The average molecular weight is 195 g/mol. The molecule has 0 radical (unpaired) electrons. The second-order valence-corrected chi connectivity index (χ2v) is 3.65. The fourth-order valence-electron chi connectivity index (χ4n) is 1.06. The van der Waals surface area contributed by atoms with Crippen LogP contribution in [0, 0.1) is 5.41 Å². The lowest BCUT2D eigenvalue weighted by Crippen LogP contribution is -2.42. The monoisotopic (exact) mass is 195 g/mol. The molecule has 0 spiro atoms. The van der Waals surface area contributed by atoms with Gasteiger partial charge in [-0.3, -0.25) is 14.9 Å². The third-order valence-corrected chi connectivity index (χ3v) is 2.61. The summed E-state index contributed by atoms with van der Waals surface area (Å²) in [5, 5.41) is 0. The van der Waals surface area contributed by atoms with Gasteiger partial charge in [0, 0.05) is 18.9 Å². The van der Waals surface area contributed by atoms with E-state index in [1.165, 1.54) is 0 Å². The standard InChI is InChI=1S/C10H17N3O/c1-3-10(2,8-11)9(14)12-13-6-4-5-7-13/h4-7H,3,8,11H2,1-2H3,(H,12,14). The minimum Gasteiger partial charge on any atom is -0.329 e. The quantitative estimate of drug-likeness (QED) is 0.751. The minimum absolute atomic E-state index is 0.0429. The highest BCUT2D eigenvalue weighted by Gasteiger charge is 2.29. The largest absolute Gasteiger partial charge is 0.329 e. The third-order valence-electron chi connectivity index (χ3n) is 2.61. The van der Waals surface area contributed by atoms with Crippen molar-refractivity contribution in [3.8, 4) is 0 Å². The summed E-state index contributed by atoms with van der Waals surface area (Å²) in [6, 6.07) is 3.71. The fourth-order valence-corrected chi connectivity index (χ4v) is 1.06. The zero-order valence-electron chi connectivity index (χ0n) is 8.66. The molecule has 1 rings (SSSR count). The van der Waals surface area contributed by atoms with Crippen LogP contribution in [0.25, 0.3) is 0 Å². The summed E-state index contributed by atoms with van der Waals surface area (Å²) in [5.41, 5.74) is 7.86. The van der Waals surface area contributed by atoms with E-state index in [4.69, 9.17) is 5.73 Å².